The van der Waals surface area contributed by atoms with Crippen LogP contribution in [0.2, 0.25) is 5.02 Å². The number of alkyl halides is 3. The van der Waals surface area contributed by atoms with E-state index in [9.17, 15) is 13.6 Å². The average molecular weight is 284 g/mol. The average Bonchev–Trinajstić information content (AvgIpc) is 2.29. The van der Waals surface area contributed by atoms with Crippen LogP contribution in [0.5, 0.6) is 0 Å². The lowest BCUT2D eigenvalue weighted by atomic mass is 10.2. The van der Waals surface area contributed by atoms with Crippen molar-refractivity contribution >= 4 is 29.2 Å². The molecule has 94 valence electrons. The number of esters is 1. The summed E-state index contributed by atoms with van der Waals surface area (Å²) in [4.78, 5) is 15.1. The minimum atomic E-state index is -2.88. The van der Waals surface area contributed by atoms with E-state index in [0.29, 0.717) is 0 Å². The van der Waals surface area contributed by atoms with Crippen molar-refractivity contribution in [3.05, 3.63) is 28.0 Å². The smallest absolute Gasteiger partial charge is 0.339 e. The molecule has 0 aliphatic rings. The summed E-state index contributed by atoms with van der Waals surface area (Å²) in [6, 6.07) is 1.25. The molecule has 17 heavy (non-hydrogen) atoms. The third-order valence-electron chi connectivity index (χ3n) is 1.88. The lowest BCUT2D eigenvalue weighted by molar-refractivity contribution is 0.0525. The van der Waals surface area contributed by atoms with Crippen LogP contribution in [0.4, 0.5) is 8.78 Å². The van der Waals surface area contributed by atoms with E-state index >= 15 is 0 Å². The van der Waals surface area contributed by atoms with Crippen molar-refractivity contribution in [1.82, 2.24) is 4.98 Å². The lowest BCUT2D eigenvalue weighted by Crippen LogP contribution is -2.09. The van der Waals surface area contributed by atoms with Crippen molar-refractivity contribution in [3.63, 3.8) is 0 Å². The minimum Gasteiger partial charge on any atom is -0.462 e. The molecule has 0 aliphatic heterocycles. The molecule has 3 nitrogen and oxygen atoms in total. The van der Waals surface area contributed by atoms with E-state index in [1.807, 2.05) is 0 Å². The summed E-state index contributed by atoms with van der Waals surface area (Å²) >= 11 is 11.2. The Morgan fingerprint density at radius 2 is 2.24 bits per heavy atom. The van der Waals surface area contributed by atoms with Crippen LogP contribution in [0.25, 0.3) is 0 Å². The molecule has 7 heteroatoms. The molecule has 1 heterocycles. The molecule has 1 rings (SSSR count). The highest BCUT2D eigenvalue weighted by atomic mass is 35.5. The van der Waals surface area contributed by atoms with Crippen molar-refractivity contribution in [3.8, 4) is 0 Å². The zero-order valence-electron chi connectivity index (χ0n) is 8.84. The molecule has 0 amide bonds. The number of ether oxygens (including phenoxy) is 1. The molecule has 0 aliphatic carbocycles. The number of halogens is 4. The van der Waals surface area contributed by atoms with Gasteiger partial charge in [0, 0.05) is 0 Å². The summed E-state index contributed by atoms with van der Waals surface area (Å²) < 4.78 is 30.0. The second kappa shape index (κ2) is 6.12. The van der Waals surface area contributed by atoms with Crippen LogP contribution >= 0.6 is 23.2 Å². The summed E-state index contributed by atoms with van der Waals surface area (Å²) in [7, 11) is 0. The van der Waals surface area contributed by atoms with E-state index in [0.717, 1.165) is 0 Å². The van der Waals surface area contributed by atoms with Crippen molar-refractivity contribution in [2.75, 3.05) is 6.61 Å². The van der Waals surface area contributed by atoms with Gasteiger partial charge in [-0.25, -0.2) is 18.6 Å². The predicted octanol–water partition coefficient (Wildman–Crippen LogP) is 3.59. The highest BCUT2D eigenvalue weighted by molar-refractivity contribution is 6.34. The molecular weight excluding hydrogens is 275 g/mol. The highest BCUT2D eigenvalue weighted by Crippen LogP contribution is 2.29. The zero-order valence-corrected chi connectivity index (χ0v) is 10.4. The molecule has 0 spiro atoms. The van der Waals surface area contributed by atoms with Crippen molar-refractivity contribution in [2.24, 2.45) is 0 Å². The van der Waals surface area contributed by atoms with Crippen LogP contribution in [0.3, 0.4) is 0 Å². The quantitative estimate of drug-likeness (QED) is 0.626. The summed E-state index contributed by atoms with van der Waals surface area (Å²) in [5.41, 5.74) is -0.656. The maximum atomic E-state index is 12.6. The van der Waals surface area contributed by atoms with Crippen molar-refractivity contribution in [2.45, 2.75) is 19.2 Å². The summed E-state index contributed by atoms with van der Waals surface area (Å²) in [6.07, 6.45) is -2.88. The Kier molecular flexibility index (Phi) is 5.08. The Bertz CT molecular complexity index is 427. The molecule has 0 fully saturated rings. The molecule has 0 atom stereocenters. The number of carbonyl (C=O) groups is 1. The molecule has 1 aromatic rings. The van der Waals surface area contributed by atoms with Gasteiger partial charge in [-0.15, -0.1) is 11.6 Å². The Morgan fingerprint density at radius 1 is 1.59 bits per heavy atom. The van der Waals surface area contributed by atoms with Crippen LogP contribution in [0.1, 0.15) is 35.1 Å². The maximum Gasteiger partial charge on any atom is 0.339 e. The summed E-state index contributed by atoms with van der Waals surface area (Å²) in [6.45, 7) is 1.72. The van der Waals surface area contributed by atoms with Gasteiger partial charge in [-0.2, -0.15) is 0 Å². The van der Waals surface area contributed by atoms with Crippen LogP contribution in [0, 0.1) is 0 Å². The van der Waals surface area contributed by atoms with E-state index < -0.39 is 23.1 Å². The number of aromatic nitrogens is 1. The fraction of sp³-hybridized carbons (Fsp3) is 0.400. The van der Waals surface area contributed by atoms with Gasteiger partial charge < -0.3 is 4.74 Å². The van der Waals surface area contributed by atoms with E-state index in [2.05, 4.69) is 4.98 Å². The largest absolute Gasteiger partial charge is 0.462 e. The third-order valence-corrected chi connectivity index (χ3v) is 2.55. The Hall–Kier alpha value is -0.940. The second-order valence-corrected chi connectivity index (χ2v) is 3.66. The van der Waals surface area contributed by atoms with Gasteiger partial charge in [-0.3, -0.25) is 0 Å². The number of pyridine rings is 1. The van der Waals surface area contributed by atoms with Crippen LogP contribution < -0.4 is 0 Å². The van der Waals surface area contributed by atoms with Gasteiger partial charge in [0.1, 0.15) is 5.69 Å². The summed E-state index contributed by atoms with van der Waals surface area (Å²) in [5.74, 6) is -0.864. The predicted molar refractivity (Wildman–Crippen MR) is 59.7 cm³/mol. The normalized spacial score (nSPS) is 10.7. The van der Waals surface area contributed by atoms with Crippen molar-refractivity contribution < 1.29 is 18.3 Å². The van der Waals surface area contributed by atoms with Gasteiger partial charge in [0.15, 0.2) is 0 Å². The first kappa shape index (κ1) is 14.1. The molecule has 0 unspecified atom stereocenters. The van der Waals surface area contributed by atoms with E-state index in [1.165, 1.54) is 6.07 Å². The van der Waals surface area contributed by atoms with Crippen molar-refractivity contribution in [1.29, 1.82) is 0 Å². The SMILES string of the molecule is CCOC(=O)c1cc(CCl)nc(C(F)F)c1Cl. The molecule has 0 bridgehead atoms. The minimum absolute atomic E-state index is 0.0940. The highest BCUT2D eigenvalue weighted by Gasteiger charge is 2.22. The summed E-state index contributed by atoms with van der Waals surface area (Å²) in [5, 5.41) is -0.396. The van der Waals surface area contributed by atoms with Gasteiger partial charge in [0.25, 0.3) is 6.43 Å². The lowest BCUT2D eigenvalue weighted by Gasteiger charge is -2.09. The van der Waals surface area contributed by atoms with Gasteiger partial charge in [0.2, 0.25) is 0 Å². The van der Waals surface area contributed by atoms with Gasteiger partial charge in [0.05, 0.1) is 28.8 Å². The van der Waals surface area contributed by atoms with Gasteiger partial charge in [-0.1, -0.05) is 11.6 Å². The first-order valence-corrected chi connectivity index (χ1v) is 5.63. The molecule has 0 N–H and O–H groups in total. The Labute approximate surface area is 107 Å². The third kappa shape index (κ3) is 3.26. The molecule has 0 aromatic carbocycles. The van der Waals surface area contributed by atoms with Crippen LogP contribution in [-0.4, -0.2) is 17.6 Å². The standard InChI is InChI=1S/C10H9Cl2F2NO2/c1-2-17-10(16)6-3-5(4-11)15-8(7(6)12)9(13)14/h3,9H,2,4H2,1H3. The van der Waals surface area contributed by atoms with Gasteiger partial charge in [-0.05, 0) is 13.0 Å². The number of rotatable bonds is 4. The Balaban J connectivity index is 3.28. The second-order valence-electron chi connectivity index (χ2n) is 3.02. The number of hydrogen-bond acceptors (Lipinski definition) is 3. The van der Waals surface area contributed by atoms with E-state index in [4.69, 9.17) is 27.9 Å². The van der Waals surface area contributed by atoms with E-state index in [1.54, 1.807) is 6.92 Å². The Morgan fingerprint density at radius 3 is 2.71 bits per heavy atom. The molecule has 0 saturated heterocycles. The maximum absolute atomic E-state index is 12.6. The topological polar surface area (TPSA) is 39.2 Å². The van der Waals surface area contributed by atoms with Crippen LogP contribution in [0.15, 0.2) is 6.07 Å². The first-order chi connectivity index (χ1) is 8.01. The molecule has 0 saturated carbocycles. The number of nitrogens with zero attached hydrogens (tertiary/aromatic N) is 1. The zero-order chi connectivity index (χ0) is 13.0. The van der Waals surface area contributed by atoms with Crippen LogP contribution in [-0.2, 0) is 10.6 Å². The molecule has 0 radical (unpaired) electrons. The monoisotopic (exact) mass is 283 g/mol. The first-order valence-electron chi connectivity index (χ1n) is 4.71. The number of hydrogen-bond donors (Lipinski definition) is 0. The molecule has 1 aromatic heterocycles. The van der Waals surface area contributed by atoms with Gasteiger partial charge >= 0.3 is 5.97 Å². The molecular formula is C10H9Cl2F2NO2. The fourth-order valence-corrected chi connectivity index (χ4v) is 1.57. The fourth-order valence-electron chi connectivity index (χ4n) is 1.17. The number of carbonyl (C=O) groups excluding carboxylic acids is 1. The van der Waals surface area contributed by atoms with E-state index in [-0.39, 0.29) is 23.7 Å².